The van der Waals surface area contributed by atoms with Crippen molar-refractivity contribution in [3.8, 4) is 5.75 Å². The molecule has 0 aromatic heterocycles. The summed E-state index contributed by atoms with van der Waals surface area (Å²) in [4.78, 5) is 28.1. The van der Waals surface area contributed by atoms with Crippen molar-refractivity contribution in [3.05, 3.63) is 65.2 Å². The fourth-order valence-corrected chi connectivity index (χ4v) is 3.58. The van der Waals surface area contributed by atoms with Crippen molar-refractivity contribution in [3.63, 3.8) is 0 Å². The predicted molar refractivity (Wildman–Crippen MR) is 114 cm³/mol. The molecule has 5 heteroatoms. The van der Waals surface area contributed by atoms with Gasteiger partial charge in [0, 0.05) is 44.7 Å². The summed E-state index contributed by atoms with van der Waals surface area (Å²) in [5.74, 6) is 0.976. The van der Waals surface area contributed by atoms with Crippen LogP contribution in [0.3, 0.4) is 0 Å². The smallest absolute Gasteiger partial charge is 0.222 e. The number of Topliss-reactive ketones (excluding diaryl/α,β-unsaturated/α-hetero) is 1. The van der Waals surface area contributed by atoms with Crippen LogP contribution < -0.4 is 4.74 Å². The standard InChI is InChI=1S/C24H30N2O3/c1-19-5-3-6-21(17-19)18-25-12-14-26(15-13-25)24(28)7-4-16-29-23-10-8-22(9-11-23)20(2)27/h3,5-6,8-11,17H,4,7,12-16,18H2,1-2H3. The van der Waals surface area contributed by atoms with Crippen molar-refractivity contribution in [1.82, 2.24) is 9.80 Å². The molecule has 0 N–H and O–H groups in total. The van der Waals surface area contributed by atoms with E-state index in [-0.39, 0.29) is 11.7 Å². The number of carbonyl (C=O) groups is 2. The monoisotopic (exact) mass is 394 g/mol. The Labute approximate surface area is 173 Å². The van der Waals surface area contributed by atoms with E-state index in [1.54, 1.807) is 31.2 Å². The van der Waals surface area contributed by atoms with Gasteiger partial charge in [-0.05, 0) is 50.1 Å². The van der Waals surface area contributed by atoms with Gasteiger partial charge in [-0.1, -0.05) is 29.8 Å². The van der Waals surface area contributed by atoms with E-state index in [0.29, 0.717) is 25.0 Å². The summed E-state index contributed by atoms with van der Waals surface area (Å²) in [5.41, 5.74) is 3.29. The normalized spacial score (nSPS) is 14.6. The molecule has 1 saturated heterocycles. The Balaban J connectivity index is 1.34. The molecule has 154 valence electrons. The van der Waals surface area contributed by atoms with E-state index in [1.165, 1.54) is 11.1 Å². The number of hydrogen-bond donors (Lipinski definition) is 0. The summed E-state index contributed by atoms with van der Waals surface area (Å²) in [5, 5.41) is 0. The fourth-order valence-electron chi connectivity index (χ4n) is 3.58. The SMILES string of the molecule is CC(=O)c1ccc(OCCCC(=O)N2CCN(Cc3cccc(C)c3)CC2)cc1. The predicted octanol–water partition coefficient (Wildman–Crippen LogP) is 3.70. The molecule has 0 atom stereocenters. The van der Waals surface area contributed by atoms with Gasteiger partial charge in [0.25, 0.3) is 0 Å². The first kappa shape index (κ1) is 21.1. The minimum absolute atomic E-state index is 0.0427. The van der Waals surface area contributed by atoms with Crippen LogP contribution >= 0.6 is 0 Å². The summed E-state index contributed by atoms with van der Waals surface area (Å²) >= 11 is 0. The maximum absolute atomic E-state index is 12.5. The zero-order valence-corrected chi connectivity index (χ0v) is 17.4. The number of carbonyl (C=O) groups excluding carboxylic acids is 2. The summed E-state index contributed by atoms with van der Waals surface area (Å²) in [6.45, 7) is 8.51. The molecule has 0 unspecified atom stereocenters. The molecular weight excluding hydrogens is 364 g/mol. The van der Waals surface area contributed by atoms with Gasteiger partial charge in [-0.15, -0.1) is 0 Å². The van der Waals surface area contributed by atoms with E-state index in [9.17, 15) is 9.59 Å². The molecule has 2 aromatic carbocycles. The fraction of sp³-hybridized carbons (Fsp3) is 0.417. The van der Waals surface area contributed by atoms with Gasteiger partial charge >= 0.3 is 0 Å². The maximum Gasteiger partial charge on any atom is 0.222 e. The Morgan fingerprint density at radius 2 is 1.72 bits per heavy atom. The largest absolute Gasteiger partial charge is 0.494 e. The lowest BCUT2D eigenvalue weighted by Gasteiger charge is -2.35. The van der Waals surface area contributed by atoms with E-state index in [2.05, 4.69) is 36.1 Å². The van der Waals surface area contributed by atoms with Crippen molar-refractivity contribution in [1.29, 1.82) is 0 Å². The van der Waals surface area contributed by atoms with Crippen LogP contribution in [0, 0.1) is 6.92 Å². The Kier molecular flexibility index (Phi) is 7.42. The van der Waals surface area contributed by atoms with Gasteiger partial charge in [0.15, 0.2) is 5.78 Å². The zero-order valence-electron chi connectivity index (χ0n) is 17.4. The van der Waals surface area contributed by atoms with Gasteiger partial charge < -0.3 is 9.64 Å². The maximum atomic E-state index is 12.5. The molecule has 0 bridgehead atoms. The van der Waals surface area contributed by atoms with Gasteiger partial charge in [-0.3, -0.25) is 14.5 Å². The second kappa shape index (κ2) is 10.2. The molecular formula is C24H30N2O3. The molecule has 1 aliphatic rings. The third-order valence-corrected chi connectivity index (χ3v) is 5.28. The van der Waals surface area contributed by atoms with Crippen molar-refractivity contribution < 1.29 is 14.3 Å². The van der Waals surface area contributed by atoms with Crippen molar-refractivity contribution >= 4 is 11.7 Å². The average molecular weight is 395 g/mol. The number of ketones is 1. The lowest BCUT2D eigenvalue weighted by Crippen LogP contribution is -2.48. The van der Waals surface area contributed by atoms with E-state index >= 15 is 0 Å². The van der Waals surface area contributed by atoms with Crippen LogP contribution in [0.25, 0.3) is 0 Å². The molecule has 0 aliphatic carbocycles. The average Bonchev–Trinajstić information content (AvgIpc) is 2.72. The van der Waals surface area contributed by atoms with Gasteiger partial charge in [0.1, 0.15) is 5.75 Å². The third-order valence-electron chi connectivity index (χ3n) is 5.28. The second-order valence-corrected chi connectivity index (χ2v) is 7.68. The summed E-state index contributed by atoms with van der Waals surface area (Å²) in [6.07, 6.45) is 1.19. The highest BCUT2D eigenvalue weighted by Gasteiger charge is 2.20. The number of piperazine rings is 1. The summed E-state index contributed by atoms with van der Waals surface area (Å²) in [6, 6.07) is 15.7. The van der Waals surface area contributed by atoms with Crippen LogP contribution in [0.4, 0.5) is 0 Å². The lowest BCUT2D eigenvalue weighted by molar-refractivity contribution is -0.133. The Bertz CT molecular complexity index is 824. The first-order chi connectivity index (χ1) is 14.0. The first-order valence-corrected chi connectivity index (χ1v) is 10.3. The minimum atomic E-state index is 0.0427. The van der Waals surface area contributed by atoms with Gasteiger partial charge in [0.2, 0.25) is 5.91 Å². The highest BCUT2D eigenvalue weighted by Crippen LogP contribution is 2.14. The van der Waals surface area contributed by atoms with Gasteiger partial charge in [-0.25, -0.2) is 0 Å². The van der Waals surface area contributed by atoms with Crippen LogP contribution in [-0.4, -0.2) is 54.3 Å². The molecule has 0 spiro atoms. The molecule has 1 amide bonds. The van der Waals surface area contributed by atoms with Crippen molar-refractivity contribution in [2.75, 3.05) is 32.8 Å². The van der Waals surface area contributed by atoms with Crippen molar-refractivity contribution in [2.24, 2.45) is 0 Å². The van der Waals surface area contributed by atoms with Crippen LogP contribution in [0.5, 0.6) is 5.75 Å². The van der Waals surface area contributed by atoms with E-state index in [1.807, 2.05) is 4.90 Å². The summed E-state index contributed by atoms with van der Waals surface area (Å²) in [7, 11) is 0. The number of ether oxygens (including phenoxy) is 1. The number of aryl methyl sites for hydroxylation is 1. The van der Waals surface area contributed by atoms with Crippen LogP contribution in [0.1, 0.15) is 41.3 Å². The molecule has 0 radical (unpaired) electrons. The molecule has 2 aromatic rings. The zero-order chi connectivity index (χ0) is 20.6. The molecule has 1 aliphatic heterocycles. The van der Waals surface area contributed by atoms with Gasteiger partial charge in [-0.2, -0.15) is 0 Å². The Morgan fingerprint density at radius 1 is 1.00 bits per heavy atom. The lowest BCUT2D eigenvalue weighted by atomic mass is 10.1. The molecule has 1 heterocycles. The quantitative estimate of drug-likeness (QED) is 0.506. The van der Waals surface area contributed by atoms with Crippen molar-refractivity contribution in [2.45, 2.75) is 33.2 Å². The van der Waals surface area contributed by atoms with E-state index in [0.717, 1.165) is 38.5 Å². The van der Waals surface area contributed by atoms with E-state index < -0.39 is 0 Å². The van der Waals surface area contributed by atoms with Crippen LogP contribution in [0.2, 0.25) is 0 Å². The summed E-state index contributed by atoms with van der Waals surface area (Å²) < 4.78 is 5.68. The second-order valence-electron chi connectivity index (χ2n) is 7.68. The Morgan fingerprint density at radius 3 is 2.38 bits per heavy atom. The Hall–Kier alpha value is -2.66. The first-order valence-electron chi connectivity index (χ1n) is 10.3. The molecule has 1 fully saturated rings. The van der Waals surface area contributed by atoms with Crippen LogP contribution in [-0.2, 0) is 11.3 Å². The highest BCUT2D eigenvalue weighted by molar-refractivity contribution is 5.94. The molecule has 5 nitrogen and oxygen atoms in total. The molecule has 0 saturated carbocycles. The topological polar surface area (TPSA) is 49.9 Å². The van der Waals surface area contributed by atoms with E-state index in [4.69, 9.17) is 4.74 Å². The number of amides is 1. The highest BCUT2D eigenvalue weighted by atomic mass is 16.5. The third kappa shape index (κ3) is 6.43. The number of rotatable bonds is 8. The molecule has 3 rings (SSSR count). The minimum Gasteiger partial charge on any atom is -0.494 e. The van der Waals surface area contributed by atoms with Crippen LogP contribution in [0.15, 0.2) is 48.5 Å². The molecule has 29 heavy (non-hydrogen) atoms. The van der Waals surface area contributed by atoms with Gasteiger partial charge in [0.05, 0.1) is 6.61 Å². The number of hydrogen-bond acceptors (Lipinski definition) is 4. The number of nitrogens with zero attached hydrogens (tertiary/aromatic N) is 2. The number of benzene rings is 2.